The third kappa shape index (κ3) is 3.33. The fourth-order valence-corrected chi connectivity index (χ4v) is 3.46. The maximum Gasteiger partial charge on any atom is 0.337 e. The molecule has 4 heteroatoms. The summed E-state index contributed by atoms with van der Waals surface area (Å²) in [6.07, 6.45) is 0. The predicted octanol–water partition coefficient (Wildman–Crippen LogP) is 5.12. The van der Waals surface area contributed by atoms with Gasteiger partial charge in [0.2, 0.25) is 0 Å². The van der Waals surface area contributed by atoms with Gasteiger partial charge in [-0.1, -0.05) is 54.1 Å². The average molecular weight is 318 g/mol. The molecular formula is C18H23O3P. The fourth-order valence-electron chi connectivity index (χ4n) is 2.32. The minimum absolute atomic E-state index is 0.221. The lowest BCUT2D eigenvalue weighted by atomic mass is 9.98. The molecule has 1 N–H and O–H groups in total. The van der Waals surface area contributed by atoms with Crippen molar-refractivity contribution in [1.82, 2.24) is 0 Å². The first kappa shape index (κ1) is 17.0. The van der Waals surface area contributed by atoms with Gasteiger partial charge < -0.3 is 9.42 Å². The molecule has 2 aromatic carbocycles. The minimum atomic E-state index is -3.71. The van der Waals surface area contributed by atoms with Gasteiger partial charge in [0.15, 0.2) is 0 Å². The SMILES string of the molecule is CCOP(=O)(O)C(C)(C)c1ccc(-c2ccc(C)cc2)cc1. The normalized spacial score (nSPS) is 14.6. The summed E-state index contributed by atoms with van der Waals surface area (Å²) in [5.41, 5.74) is 4.23. The molecule has 0 aliphatic heterocycles. The molecule has 0 radical (unpaired) electrons. The lowest BCUT2D eigenvalue weighted by Crippen LogP contribution is -2.19. The Morgan fingerprint density at radius 2 is 1.45 bits per heavy atom. The summed E-state index contributed by atoms with van der Waals surface area (Å²) in [7, 11) is -3.71. The molecule has 0 aliphatic carbocycles. The molecule has 0 aromatic heterocycles. The van der Waals surface area contributed by atoms with Crippen molar-refractivity contribution in [2.75, 3.05) is 6.61 Å². The van der Waals surface area contributed by atoms with Crippen LogP contribution in [0, 0.1) is 6.92 Å². The molecule has 0 saturated heterocycles. The lowest BCUT2D eigenvalue weighted by molar-refractivity contribution is 0.251. The second kappa shape index (κ2) is 6.37. The number of hydrogen-bond acceptors (Lipinski definition) is 2. The summed E-state index contributed by atoms with van der Waals surface area (Å²) in [5, 5.41) is -0.936. The quantitative estimate of drug-likeness (QED) is 0.778. The van der Waals surface area contributed by atoms with Gasteiger partial charge in [0.25, 0.3) is 0 Å². The van der Waals surface area contributed by atoms with Crippen molar-refractivity contribution in [3.63, 3.8) is 0 Å². The van der Waals surface area contributed by atoms with Crippen molar-refractivity contribution in [2.24, 2.45) is 0 Å². The van der Waals surface area contributed by atoms with Crippen LogP contribution >= 0.6 is 7.60 Å². The number of aryl methyl sites for hydroxylation is 1. The predicted molar refractivity (Wildman–Crippen MR) is 91.1 cm³/mol. The molecule has 0 heterocycles. The molecule has 0 aliphatic rings. The molecule has 1 atom stereocenters. The van der Waals surface area contributed by atoms with E-state index in [0.717, 1.165) is 16.7 Å². The van der Waals surface area contributed by atoms with Crippen LogP contribution in [0.4, 0.5) is 0 Å². The van der Waals surface area contributed by atoms with Gasteiger partial charge in [0.1, 0.15) is 0 Å². The third-order valence-corrected chi connectivity index (χ3v) is 6.27. The maximum atomic E-state index is 12.4. The highest BCUT2D eigenvalue weighted by Crippen LogP contribution is 2.60. The molecule has 0 amide bonds. The van der Waals surface area contributed by atoms with Crippen molar-refractivity contribution < 1.29 is 14.0 Å². The monoisotopic (exact) mass is 318 g/mol. The molecule has 0 bridgehead atoms. The van der Waals surface area contributed by atoms with Gasteiger partial charge in [-0.05, 0) is 44.4 Å². The first-order valence-electron chi connectivity index (χ1n) is 7.43. The van der Waals surface area contributed by atoms with Crippen LogP contribution in [-0.4, -0.2) is 11.5 Å². The smallest absolute Gasteiger partial charge is 0.324 e. The van der Waals surface area contributed by atoms with Crippen LogP contribution in [0.25, 0.3) is 11.1 Å². The highest BCUT2D eigenvalue weighted by Gasteiger charge is 2.41. The zero-order valence-electron chi connectivity index (χ0n) is 13.5. The van der Waals surface area contributed by atoms with Gasteiger partial charge in [0, 0.05) is 0 Å². The van der Waals surface area contributed by atoms with Crippen LogP contribution in [-0.2, 0) is 14.2 Å². The second-order valence-electron chi connectivity index (χ2n) is 5.94. The van der Waals surface area contributed by atoms with E-state index in [9.17, 15) is 9.46 Å². The molecule has 1 unspecified atom stereocenters. The highest BCUT2D eigenvalue weighted by atomic mass is 31.2. The number of benzene rings is 2. The van der Waals surface area contributed by atoms with E-state index in [4.69, 9.17) is 4.52 Å². The van der Waals surface area contributed by atoms with E-state index in [0.29, 0.717) is 0 Å². The minimum Gasteiger partial charge on any atom is -0.324 e. The summed E-state index contributed by atoms with van der Waals surface area (Å²) < 4.78 is 17.4. The summed E-state index contributed by atoms with van der Waals surface area (Å²) in [5.74, 6) is 0. The maximum absolute atomic E-state index is 12.4. The molecule has 0 saturated carbocycles. The van der Waals surface area contributed by atoms with Gasteiger partial charge in [-0.25, -0.2) is 0 Å². The van der Waals surface area contributed by atoms with Crippen molar-refractivity contribution in [3.8, 4) is 11.1 Å². The first-order valence-corrected chi connectivity index (χ1v) is 9.00. The van der Waals surface area contributed by atoms with Gasteiger partial charge in [-0.2, -0.15) is 0 Å². The van der Waals surface area contributed by atoms with Gasteiger partial charge in [-0.15, -0.1) is 0 Å². The van der Waals surface area contributed by atoms with Crippen molar-refractivity contribution in [3.05, 3.63) is 59.7 Å². The summed E-state index contributed by atoms with van der Waals surface area (Å²) in [6.45, 7) is 7.48. The Kier molecular flexibility index (Phi) is 4.91. The van der Waals surface area contributed by atoms with E-state index < -0.39 is 12.8 Å². The molecule has 0 spiro atoms. The standard InChI is InChI=1S/C18H23O3P/c1-5-21-22(19,20)18(3,4)17-12-10-16(11-13-17)15-8-6-14(2)7-9-15/h6-13H,5H2,1-4H3,(H,19,20). The number of hydrogen-bond donors (Lipinski definition) is 1. The largest absolute Gasteiger partial charge is 0.337 e. The van der Waals surface area contributed by atoms with Crippen molar-refractivity contribution in [1.29, 1.82) is 0 Å². The molecule has 2 rings (SSSR count). The molecule has 118 valence electrons. The Balaban J connectivity index is 2.32. The third-order valence-electron chi connectivity index (χ3n) is 3.99. The van der Waals surface area contributed by atoms with Crippen molar-refractivity contribution in [2.45, 2.75) is 32.9 Å². The molecule has 3 nitrogen and oxygen atoms in total. The van der Waals surface area contributed by atoms with Gasteiger partial charge >= 0.3 is 7.60 Å². The molecular weight excluding hydrogens is 295 g/mol. The van der Waals surface area contributed by atoms with E-state index >= 15 is 0 Å². The Morgan fingerprint density at radius 1 is 1.00 bits per heavy atom. The van der Waals surface area contributed by atoms with E-state index in [1.807, 2.05) is 24.3 Å². The zero-order valence-corrected chi connectivity index (χ0v) is 14.4. The Hall–Kier alpha value is -1.41. The Labute approximate surface area is 132 Å². The fraction of sp³-hybridized carbons (Fsp3) is 0.333. The van der Waals surface area contributed by atoms with Crippen LogP contribution in [0.1, 0.15) is 31.9 Å². The van der Waals surface area contributed by atoms with E-state index in [1.54, 1.807) is 20.8 Å². The second-order valence-corrected chi connectivity index (χ2v) is 8.36. The Morgan fingerprint density at radius 3 is 1.91 bits per heavy atom. The molecule has 2 aromatic rings. The zero-order chi connectivity index (χ0) is 16.4. The van der Waals surface area contributed by atoms with Crippen LogP contribution in [0.3, 0.4) is 0 Å². The molecule has 22 heavy (non-hydrogen) atoms. The van der Waals surface area contributed by atoms with Crippen LogP contribution < -0.4 is 0 Å². The van der Waals surface area contributed by atoms with E-state index in [-0.39, 0.29) is 6.61 Å². The summed E-state index contributed by atoms with van der Waals surface area (Å²) in [4.78, 5) is 10.1. The van der Waals surface area contributed by atoms with Crippen LogP contribution in [0.15, 0.2) is 48.5 Å². The highest BCUT2D eigenvalue weighted by molar-refractivity contribution is 7.54. The van der Waals surface area contributed by atoms with Crippen LogP contribution in [0.2, 0.25) is 0 Å². The average Bonchev–Trinajstić information content (AvgIpc) is 2.48. The summed E-state index contributed by atoms with van der Waals surface area (Å²) >= 11 is 0. The topological polar surface area (TPSA) is 46.5 Å². The number of rotatable bonds is 5. The van der Waals surface area contributed by atoms with Gasteiger partial charge in [0.05, 0.1) is 11.8 Å². The van der Waals surface area contributed by atoms with E-state index in [1.165, 1.54) is 5.56 Å². The van der Waals surface area contributed by atoms with Crippen LogP contribution in [0.5, 0.6) is 0 Å². The van der Waals surface area contributed by atoms with Gasteiger partial charge in [-0.3, -0.25) is 4.57 Å². The van der Waals surface area contributed by atoms with Crippen molar-refractivity contribution >= 4 is 7.60 Å². The van der Waals surface area contributed by atoms with E-state index in [2.05, 4.69) is 31.2 Å². The lowest BCUT2D eigenvalue weighted by Gasteiger charge is -2.29. The Bertz CT molecular complexity index is 672. The first-order chi connectivity index (χ1) is 10.3. The summed E-state index contributed by atoms with van der Waals surface area (Å²) in [6, 6.07) is 16.1. The molecule has 0 fully saturated rings.